The van der Waals surface area contributed by atoms with Crippen molar-refractivity contribution in [3.63, 3.8) is 0 Å². The van der Waals surface area contributed by atoms with E-state index in [1.54, 1.807) is 6.20 Å². The number of carbonyl (C=O) groups excluding carboxylic acids is 3. The highest BCUT2D eigenvalue weighted by Gasteiger charge is 2.29. The van der Waals surface area contributed by atoms with Crippen molar-refractivity contribution in [2.75, 3.05) is 0 Å². The fourth-order valence-electron chi connectivity index (χ4n) is 3.11. The topological polar surface area (TPSA) is 218 Å². The molecule has 0 saturated heterocycles. The minimum atomic E-state index is -1.71. The van der Waals surface area contributed by atoms with Gasteiger partial charge in [0.2, 0.25) is 17.7 Å². The first kappa shape index (κ1) is 24.3. The number of carbonyl (C=O) groups is 5. The molecular weight excluding hydrogens is 422 g/mol. The molecule has 12 nitrogen and oxygen atoms in total. The number of hydrogen-bond acceptors (Lipinski definition) is 6. The van der Waals surface area contributed by atoms with Crippen molar-refractivity contribution in [1.82, 2.24) is 15.6 Å². The van der Waals surface area contributed by atoms with Crippen LogP contribution in [-0.2, 0) is 30.4 Å². The van der Waals surface area contributed by atoms with Gasteiger partial charge in [0, 0.05) is 23.5 Å². The number of amides is 3. The zero-order chi connectivity index (χ0) is 23.8. The standard InChI is InChI=1S/C20H25N5O7/c21-12(7-10-9-23-13-4-2-1-3-11(10)13)18(29)24-14(5-6-16(22)26)19(30)25-15(20(31)32)8-17(27)28/h1-4,9,12,14-15,23H,5-8,21H2,(H2,22,26)(H,24,29)(H,25,30)(H,27,28)(H,31,32). The number of aromatic nitrogens is 1. The molecule has 2 rings (SSSR count). The lowest BCUT2D eigenvalue weighted by Crippen LogP contribution is -2.55. The molecule has 0 spiro atoms. The van der Waals surface area contributed by atoms with E-state index in [1.165, 1.54) is 0 Å². The second-order valence-electron chi connectivity index (χ2n) is 7.23. The Hall–Kier alpha value is -3.93. The Bertz CT molecular complexity index is 1020. The molecule has 0 bridgehead atoms. The molecule has 0 aliphatic heterocycles. The first-order chi connectivity index (χ1) is 15.1. The van der Waals surface area contributed by atoms with Gasteiger partial charge >= 0.3 is 11.9 Å². The number of benzene rings is 1. The van der Waals surface area contributed by atoms with E-state index >= 15 is 0 Å². The first-order valence-electron chi connectivity index (χ1n) is 9.72. The molecule has 0 saturated carbocycles. The summed E-state index contributed by atoms with van der Waals surface area (Å²) in [6, 6.07) is 3.32. The smallest absolute Gasteiger partial charge is 0.326 e. The maximum atomic E-state index is 12.6. The molecule has 0 aliphatic carbocycles. The minimum absolute atomic E-state index is 0.150. The van der Waals surface area contributed by atoms with Gasteiger partial charge in [-0.05, 0) is 24.5 Å². The third-order valence-electron chi connectivity index (χ3n) is 4.76. The predicted molar refractivity (Wildman–Crippen MR) is 112 cm³/mol. The highest BCUT2D eigenvalue weighted by Crippen LogP contribution is 2.18. The van der Waals surface area contributed by atoms with Gasteiger partial charge in [-0.2, -0.15) is 0 Å². The van der Waals surface area contributed by atoms with Crippen LogP contribution in [0.4, 0.5) is 0 Å². The third kappa shape index (κ3) is 6.80. The molecule has 172 valence electrons. The van der Waals surface area contributed by atoms with Gasteiger partial charge in [-0.15, -0.1) is 0 Å². The van der Waals surface area contributed by atoms with E-state index in [1.807, 2.05) is 24.3 Å². The van der Waals surface area contributed by atoms with E-state index in [9.17, 15) is 24.0 Å². The number of aliphatic carboxylic acids is 2. The molecule has 0 fully saturated rings. The average Bonchev–Trinajstić information content (AvgIpc) is 3.12. The summed E-state index contributed by atoms with van der Waals surface area (Å²) in [5, 5.41) is 23.3. The summed E-state index contributed by atoms with van der Waals surface area (Å²) in [6.07, 6.45) is 0.520. The number of carboxylic acid groups (broad SMARTS) is 2. The normalized spacial score (nSPS) is 13.7. The second kappa shape index (κ2) is 10.9. The van der Waals surface area contributed by atoms with Crippen molar-refractivity contribution in [3.8, 4) is 0 Å². The summed E-state index contributed by atoms with van der Waals surface area (Å²) in [5.41, 5.74) is 12.8. The van der Waals surface area contributed by atoms with Crippen LogP contribution in [-0.4, -0.2) is 63.0 Å². The van der Waals surface area contributed by atoms with Crippen LogP contribution < -0.4 is 22.1 Å². The zero-order valence-electron chi connectivity index (χ0n) is 17.0. The number of aromatic amines is 1. The van der Waals surface area contributed by atoms with E-state index < -0.39 is 54.2 Å². The monoisotopic (exact) mass is 447 g/mol. The number of carboxylic acids is 2. The third-order valence-corrected chi connectivity index (χ3v) is 4.76. The predicted octanol–water partition coefficient (Wildman–Crippen LogP) is -1.17. The lowest BCUT2D eigenvalue weighted by Gasteiger charge is -2.22. The summed E-state index contributed by atoms with van der Waals surface area (Å²) in [4.78, 5) is 61.4. The molecule has 2 aromatic rings. The summed E-state index contributed by atoms with van der Waals surface area (Å²) >= 11 is 0. The molecule has 1 heterocycles. The Kier molecular flexibility index (Phi) is 8.30. The number of H-pyrrole nitrogens is 1. The Labute approximate surface area is 182 Å². The molecular formula is C20H25N5O7. The molecule has 32 heavy (non-hydrogen) atoms. The number of hydrogen-bond donors (Lipinski definition) is 7. The zero-order valence-corrected chi connectivity index (χ0v) is 17.0. The molecule has 9 N–H and O–H groups in total. The molecule has 0 radical (unpaired) electrons. The van der Waals surface area contributed by atoms with Gasteiger partial charge < -0.3 is 37.3 Å². The van der Waals surface area contributed by atoms with Crippen LogP contribution in [0.5, 0.6) is 0 Å². The van der Waals surface area contributed by atoms with Crippen molar-refractivity contribution < 1.29 is 34.2 Å². The number of rotatable bonds is 12. The van der Waals surface area contributed by atoms with Crippen LogP contribution in [0.1, 0.15) is 24.8 Å². The van der Waals surface area contributed by atoms with Crippen molar-refractivity contribution >= 4 is 40.6 Å². The summed E-state index contributed by atoms with van der Waals surface area (Å²) in [5.74, 6) is -5.40. The van der Waals surface area contributed by atoms with Crippen LogP contribution >= 0.6 is 0 Å². The van der Waals surface area contributed by atoms with Gasteiger partial charge in [0.05, 0.1) is 12.5 Å². The SMILES string of the molecule is NC(=O)CCC(NC(=O)C(N)Cc1c[nH]c2ccccc12)C(=O)NC(CC(=O)O)C(=O)O. The highest BCUT2D eigenvalue weighted by molar-refractivity contribution is 5.93. The van der Waals surface area contributed by atoms with Crippen LogP contribution in [0, 0.1) is 0 Å². The van der Waals surface area contributed by atoms with E-state index in [0.717, 1.165) is 16.5 Å². The summed E-state index contributed by atoms with van der Waals surface area (Å²) < 4.78 is 0. The van der Waals surface area contributed by atoms with Crippen molar-refractivity contribution in [3.05, 3.63) is 36.0 Å². The number of nitrogens with one attached hydrogen (secondary N) is 3. The van der Waals surface area contributed by atoms with Gasteiger partial charge in [-0.3, -0.25) is 19.2 Å². The van der Waals surface area contributed by atoms with Crippen LogP contribution in [0.2, 0.25) is 0 Å². The fraction of sp³-hybridized carbons (Fsp3) is 0.350. The van der Waals surface area contributed by atoms with Gasteiger partial charge in [-0.1, -0.05) is 18.2 Å². The lowest BCUT2D eigenvalue weighted by molar-refractivity contribution is -0.147. The summed E-state index contributed by atoms with van der Waals surface area (Å²) in [7, 11) is 0. The van der Waals surface area contributed by atoms with Crippen molar-refractivity contribution in [1.29, 1.82) is 0 Å². The fourth-order valence-corrected chi connectivity index (χ4v) is 3.11. The van der Waals surface area contributed by atoms with Gasteiger partial charge in [0.1, 0.15) is 12.1 Å². The van der Waals surface area contributed by atoms with E-state index in [2.05, 4.69) is 15.6 Å². The number of fused-ring (bicyclic) bond motifs is 1. The molecule has 3 unspecified atom stereocenters. The summed E-state index contributed by atoms with van der Waals surface area (Å²) in [6.45, 7) is 0. The average molecular weight is 447 g/mol. The Morgan fingerprint density at radius 3 is 2.28 bits per heavy atom. The molecule has 1 aromatic heterocycles. The molecule has 12 heteroatoms. The van der Waals surface area contributed by atoms with Gasteiger partial charge in [0.15, 0.2) is 0 Å². The first-order valence-corrected chi connectivity index (χ1v) is 9.72. The van der Waals surface area contributed by atoms with Crippen molar-refractivity contribution in [2.45, 2.75) is 43.8 Å². The quantitative estimate of drug-likeness (QED) is 0.210. The molecule has 1 aromatic carbocycles. The largest absolute Gasteiger partial charge is 0.481 e. The number of primary amides is 1. The van der Waals surface area contributed by atoms with E-state index in [0.29, 0.717) is 0 Å². The number of para-hydroxylation sites is 1. The number of nitrogens with two attached hydrogens (primary N) is 2. The molecule has 3 atom stereocenters. The maximum Gasteiger partial charge on any atom is 0.326 e. The van der Waals surface area contributed by atoms with Crippen molar-refractivity contribution in [2.24, 2.45) is 11.5 Å². The second-order valence-corrected chi connectivity index (χ2v) is 7.23. The lowest BCUT2D eigenvalue weighted by atomic mass is 10.0. The molecule has 3 amide bonds. The Morgan fingerprint density at radius 2 is 1.66 bits per heavy atom. The van der Waals surface area contributed by atoms with Crippen LogP contribution in [0.25, 0.3) is 10.9 Å². The minimum Gasteiger partial charge on any atom is -0.481 e. The van der Waals surface area contributed by atoms with Gasteiger partial charge in [-0.25, -0.2) is 4.79 Å². The Morgan fingerprint density at radius 1 is 1.00 bits per heavy atom. The van der Waals surface area contributed by atoms with E-state index in [4.69, 9.17) is 21.7 Å². The van der Waals surface area contributed by atoms with Crippen LogP contribution in [0.15, 0.2) is 30.5 Å². The molecule has 0 aliphatic rings. The maximum absolute atomic E-state index is 12.6. The Balaban J connectivity index is 2.09. The highest BCUT2D eigenvalue weighted by atomic mass is 16.4. The van der Waals surface area contributed by atoms with E-state index in [-0.39, 0.29) is 19.3 Å². The van der Waals surface area contributed by atoms with Gasteiger partial charge in [0.25, 0.3) is 0 Å². The van der Waals surface area contributed by atoms with Crippen LogP contribution in [0.3, 0.4) is 0 Å².